The van der Waals surface area contributed by atoms with Crippen LogP contribution in [0.2, 0.25) is 0 Å². The van der Waals surface area contributed by atoms with E-state index in [9.17, 15) is 4.79 Å². The van der Waals surface area contributed by atoms with Crippen LogP contribution in [0.5, 0.6) is 5.75 Å². The Bertz CT molecular complexity index is 907. The van der Waals surface area contributed by atoms with E-state index in [1.54, 1.807) is 18.3 Å². The van der Waals surface area contributed by atoms with Crippen molar-refractivity contribution in [3.63, 3.8) is 0 Å². The molecule has 0 aliphatic heterocycles. The van der Waals surface area contributed by atoms with Gasteiger partial charge in [0.05, 0.1) is 17.9 Å². The van der Waals surface area contributed by atoms with Crippen LogP contribution in [0.1, 0.15) is 28.4 Å². The highest BCUT2D eigenvalue weighted by Crippen LogP contribution is 2.24. The highest BCUT2D eigenvalue weighted by Gasteiger charge is 2.10. The number of pyridine rings is 1. The zero-order chi connectivity index (χ0) is 19.1. The Hall–Kier alpha value is -3.34. The van der Waals surface area contributed by atoms with Crippen molar-refractivity contribution in [1.82, 2.24) is 4.98 Å². The number of anilines is 2. The Kier molecular flexibility index (Phi) is 6.05. The zero-order valence-electron chi connectivity index (χ0n) is 15.5. The summed E-state index contributed by atoms with van der Waals surface area (Å²) in [5, 5.41) is 6.14. The fourth-order valence-electron chi connectivity index (χ4n) is 2.69. The first kappa shape index (κ1) is 18.5. The highest BCUT2D eigenvalue weighted by molar-refractivity contribution is 6.04. The van der Waals surface area contributed by atoms with Gasteiger partial charge in [0.25, 0.3) is 5.91 Å². The quantitative estimate of drug-likeness (QED) is 0.643. The molecule has 5 heteroatoms. The lowest BCUT2D eigenvalue weighted by atomic mass is 10.1. The van der Waals surface area contributed by atoms with Crippen LogP contribution in [0, 0.1) is 6.92 Å². The molecule has 0 saturated heterocycles. The third-order valence-corrected chi connectivity index (χ3v) is 4.02. The van der Waals surface area contributed by atoms with Gasteiger partial charge in [-0.25, -0.2) is 4.98 Å². The van der Waals surface area contributed by atoms with Gasteiger partial charge in [-0.15, -0.1) is 0 Å². The summed E-state index contributed by atoms with van der Waals surface area (Å²) in [5.74, 6) is 1.15. The second-order valence-electron chi connectivity index (χ2n) is 6.16. The summed E-state index contributed by atoms with van der Waals surface area (Å²) in [5.41, 5.74) is 3.54. The normalized spacial score (nSPS) is 10.3. The number of rotatable bonds is 7. The molecular weight excluding hydrogens is 338 g/mol. The first-order valence-corrected chi connectivity index (χ1v) is 8.94. The molecule has 2 N–H and O–H groups in total. The smallest absolute Gasteiger partial charge is 0.257 e. The molecule has 2 aromatic carbocycles. The van der Waals surface area contributed by atoms with Gasteiger partial charge in [-0.2, -0.15) is 0 Å². The molecule has 0 aliphatic rings. The molecule has 0 unspecified atom stereocenters. The number of hydrogen-bond acceptors (Lipinski definition) is 4. The average molecular weight is 361 g/mol. The van der Waals surface area contributed by atoms with Crippen molar-refractivity contribution in [2.24, 2.45) is 0 Å². The number of para-hydroxylation sites is 2. The van der Waals surface area contributed by atoms with Crippen molar-refractivity contribution in [2.75, 3.05) is 17.2 Å². The lowest BCUT2D eigenvalue weighted by Crippen LogP contribution is -2.13. The molecule has 27 heavy (non-hydrogen) atoms. The second kappa shape index (κ2) is 8.85. The minimum absolute atomic E-state index is 0.222. The summed E-state index contributed by atoms with van der Waals surface area (Å²) in [4.78, 5) is 16.8. The Balaban J connectivity index is 1.62. The van der Waals surface area contributed by atoms with Crippen molar-refractivity contribution in [2.45, 2.75) is 20.4 Å². The van der Waals surface area contributed by atoms with Gasteiger partial charge < -0.3 is 15.4 Å². The van der Waals surface area contributed by atoms with E-state index in [2.05, 4.69) is 40.7 Å². The van der Waals surface area contributed by atoms with Gasteiger partial charge in [0.2, 0.25) is 0 Å². The van der Waals surface area contributed by atoms with Gasteiger partial charge in [-0.3, -0.25) is 4.79 Å². The molecule has 0 radical (unpaired) electrons. The van der Waals surface area contributed by atoms with Gasteiger partial charge in [-0.1, -0.05) is 42.0 Å². The summed E-state index contributed by atoms with van der Waals surface area (Å²) in [6.07, 6.45) is 1.57. The molecule has 1 heterocycles. The summed E-state index contributed by atoms with van der Waals surface area (Å²) < 4.78 is 5.53. The summed E-state index contributed by atoms with van der Waals surface area (Å²) in [7, 11) is 0. The van der Waals surface area contributed by atoms with Crippen LogP contribution in [0.25, 0.3) is 0 Å². The fourth-order valence-corrected chi connectivity index (χ4v) is 2.69. The molecule has 0 fully saturated rings. The molecular formula is C22H23N3O2. The summed E-state index contributed by atoms with van der Waals surface area (Å²) >= 11 is 0. The average Bonchev–Trinajstić information content (AvgIpc) is 2.68. The number of amides is 1. The van der Waals surface area contributed by atoms with E-state index < -0.39 is 0 Å². The minimum atomic E-state index is -0.222. The van der Waals surface area contributed by atoms with Crippen LogP contribution in [-0.2, 0) is 6.54 Å². The van der Waals surface area contributed by atoms with Crippen LogP contribution in [0.4, 0.5) is 11.5 Å². The molecule has 0 bridgehead atoms. The molecule has 3 aromatic rings. The number of carbonyl (C=O) groups excluding carboxylic acids is 1. The van der Waals surface area contributed by atoms with E-state index in [1.165, 1.54) is 11.1 Å². The number of carbonyl (C=O) groups is 1. The first-order chi connectivity index (χ1) is 13.2. The van der Waals surface area contributed by atoms with Crippen molar-refractivity contribution < 1.29 is 9.53 Å². The lowest BCUT2D eigenvalue weighted by Gasteiger charge is -2.11. The maximum Gasteiger partial charge on any atom is 0.257 e. The molecule has 138 valence electrons. The Morgan fingerprint density at radius 3 is 2.67 bits per heavy atom. The molecule has 0 saturated carbocycles. The number of nitrogens with one attached hydrogen (secondary N) is 2. The van der Waals surface area contributed by atoms with E-state index in [0.717, 1.165) is 5.82 Å². The molecule has 1 aromatic heterocycles. The molecule has 5 nitrogen and oxygen atoms in total. The maximum absolute atomic E-state index is 12.5. The molecule has 0 aliphatic carbocycles. The van der Waals surface area contributed by atoms with Gasteiger partial charge in [0.15, 0.2) is 0 Å². The topological polar surface area (TPSA) is 63.2 Å². The van der Waals surface area contributed by atoms with Crippen LogP contribution in [0.3, 0.4) is 0 Å². The van der Waals surface area contributed by atoms with E-state index in [-0.39, 0.29) is 5.91 Å². The Morgan fingerprint density at radius 1 is 1.07 bits per heavy atom. The Morgan fingerprint density at radius 2 is 1.93 bits per heavy atom. The maximum atomic E-state index is 12.5. The van der Waals surface area contributed by atoms with E-state index >= 15 is 0 Å². The second-order valence-corrected chi connectivity index (χ2v) is 6.16. The predicted molar refractivity (Wildman–Crippen MR) is 108 cm³/mol. The standard InChI is InChI=1S/C22H23N3O2/c1-3-27-20-10-5-4-9-19(20)25-22(26)18-11-12-21(24-15-18)23-14-17-8-6-7-16(2)13-17/h4-13,15H,3,14H2,1-2H3,(H,23,24)(H,25,26). The van der Waals surface area contributed by atoms with Crippen LogP contribution in [0.15, 0.2) is 66.9 Å². The number of benzene rings is 2. The van der Waals surface area contributed by atoms with Gasteiger partial charge in [-0.05, 0) is 43.7 Å². The number of hydrogen-bond donors (Lipinski definition) is 2. The third kappa shape index (κ3) is 5.07. The van der Waals surface area contributed by atoms with Crippen LogP contribution >= 0.6 is 0 Å². The molecule has 0 spiro atoms. The van der Waals surface area contributed by atoms with Gasteiger partial charge in [0.1, 0.15) is 11.6 Å². The fraction of sp³-hybridized carbons (Fsp3) is 0.182. The van der Waals surface area contributed by atoms with E-state index in [0.29, 0.717) is 30.2 Å². The number of aromatic nitrogens is 1. The SMILES string of the molecule is CCOc1ccccc1NC(=O)c1ccc(NCc2cccc(C)c2)nc1. The number of nitrogens with zero attached hydrogens (tertiary/aromatic N) is 1. The first-order valence-electron chi connectivity index (χ1n) is 8.94. The van der Waals surface area contributed by atoms with Crippen LogP contribution < -0.4 is 15.4 Å². The van der Waals surface area contributed by atoms with Crippen molar-refractivity contribution in [3.05, 3.63) is 83.6 Å². The van der Waals surface area contributed by atoms with Crippen molar-refractivity contribution in [3.8, 4) is 5.75 Å². The molecule has 0 atom stereocenters. The summed E-state index contributed by atoms with van der Waals surface area (Å²) in [6.45, 7) is 5.20. The lowest BCUT2D eigenvalue weighted by molar-refractivity contribution is 0.102. The van der Waals surface area contributed by atoms with Crippen LogP contribution in [-0.4, -0.2) is 17.5 Å². The van der Waals surface area contributed by atoms with E-state index in [4.69, 9.17) is 4.74 Å². The minimum Gasteiger partial charge on any atom is -0.492 e. The molecule has 1 amide bonds. The Labute approximate surface area is 159 Å². The van der Waals surface area contributed by atoms with Gasteiger partial charge in [0, 0.05) is 12.7 Å². The zero-order valence-corrected chi connectivity index (χ0v) is 15.5. The number of aryl methyl sites for hydroxylation is 1. The summed E-state index contributed by atoms with van der Waals surface area (Å²) in [6, 6.07) is 19.2. The predicted octanol–water partition coefficient (Wildman–Crippen LogP) is 4.65. The van der Waals surface area contributed by atoms with Crippen molar-refractivity contribution in [1.29, 1.82) is 0 Å². The third-order valence-electron chi connectivity index (χ3n) is 4.02. The van der Waals surface area contributed by atoms with Crippen molar-refractivity contribution >= 4 is 17.4 Å². The largest absolute Gasteiger partial charge is 0.492 e. The van der Waals surface area contributed by atoms with Gasteiger partial charge >= 0.3 is 0 Å². The van der Waals surface area contributed by atoms with E-state index in [1.807, 2.05) is 37.3 Å². The monoisotopic (exact) mass is 361 g/mol. The molecule has 3 rings (SSSR count). The highest BCUT2D eigenvalue weighted by atomic mass is 16.5. The number of ether oxygens (including phenoxy) is 1.